The normalized spacial score (nSPS) is 12.6. The van der Waals surface area contributed by atoms with Gasteiger partial charge in [-0.25, -0.2) is 0 Å². The van der Waals surface area contributed by atoms with Crippen LogP contribution in [-0.2, 0) is 28.7 Å². The molecule has 2 unspecified atom stereocenters. The Bertz CT molecular complexity index is 327. The lowest BCUT2D eigenvalue weighted by Gasteiger charge is -2.14. The Morgan fingerprint density at radius 1 is 0.864 bits per heavy atom. The summed E-state index contributed by atoms with van der Waals surface area (Å²) in [6.45, 7) is 4.26. The van der Waals surface area contributed by atoms with Gasteiger partial charge in [0.15, 0.2) is 0 Å². The average Bonchev–Trinajstić information content (AvgIpc) is 2.52. The molecule has 126 valence electrons. The van der Waals surface area contributed by atoms with Crippen LogP contribution in [0.3, 0.4) is 0 Å². The highest BCUT2D eigenvalue weighted by molar-refractivity contribution is 5.73. The summed E-state index contributed by atoms with van der Waals surface area (Å²) >= 11 is 0. The molecular formula is C14H24N2O6. The second-order valence-electron chi connectivity index (χ2n) is 4.86. The van der Waals surface area contributed by atoms with E-state index >= 15 is 0 Å². The highest BCUT2D eigenvalue weighted by Crippen LogP contribution is 2.15. The van der Waals surface area contributed by atoms with Gasteiger partial charge < -0.3 is 20.1 Å². The summed E-state index contributed by atoms with van der Waals surface area (Å²) in [7, 11) is 0. The number of nitrogens with one attached hydrogen (secondary N) is 2. The first-order valence-corrected chi connectivity index (χ1v) is 7.20. The molecule has 2 N–H and O–H groups in total. The predicted molar refractivity (Wildman–Crippen MR) is 77.6 cm³/mol. The predicted octanol–water partition coefficient (Wildman–Crippen LogP) is -0.383. The van der Waals surface area contributed by atoms with Crippen molar-refractivity contribution in [2.45, 2.75) is 26.7 Å². The SMILES string of the molecule is CC(CCC(C)C(=O)OCCNC=O)C(=O)OCCNC=O. The van der Waals surface area contributed by atoms with E-state index in [4.69, 9.17) is 9.47 Å². The van der Waals surface area contributed by atoms with Gasteiger partial charge >= 0.3 is 11.9 Å². The maximum atomic E-state index is 11.6. The molecule has 0 aliphatic carbocycles. The molecule has 0 aromatic heterocycles. The Morgan fingerprint density at radius 3 is 1.55 bits per heavy atom. The zero-order chi connectivity index (χ0) is 16.8. The molecular weight excluding hydrogens is 292 g/mol. The van der Waals surface area contributed by atoms with Crippen molar-refractivity contribution in [3.8, 4) is 0 Å². The molecule has 0 aliphatic heterocycles. The molecule has 0 rings (SSSR count). The van der Waals surface area contributed by atoms with Crippen molar-refractivity contribution < 1.29 is 28.7 Å². The zero-order valence-electron chi connectivity index (χ0n) is 13.0. The topological polar surface area (TPSA) is 111 Å². The van der Waals surface area contributed by atoms with Crippen LogP contribution >= 0.6 is 0 Å². The molecule has 0 aromatic rings. The molecule has 0 saturated heterocycles. The van der Waals surface area contributed by atoms with Crippen LogP contribution in [-0.4, -0.2) is 51.1 Å². The number of rotatable bonds is 13. The van der Waals surface area contributed by atoms with Gasteiger partial charge in [0.1, 0.15) is 13.2 Å². The Hall–Kier alpha value is -2.12. The summed E-state index contributed by atoms with van der Waals surface area (Å²) in [6, 6.07) is 0. The minimum absolute atomic E-state index is 0.128. The van der Waals surface area contributed by atoms with E-state index < -0.39 is 0 Å². The third kappa shape index (κ3) is 9.73. The Labute approximate surface area is 129 Å². The summed E-state index contributed by atoms with van der Waals surface area (Å²) in [4.78, 5) is 43.3. The first kappa shape index (κ1) is 19.9. The summed E-state index contributed by atoms with van der Waals surface area (Å²) in [5.74, 6) is -1.38. The van der Waals surface area contributed by atoms with Crippen LogP contribution in [0.2, 0.25) is 0 Å². The fraction of sp³-hybridized carbons (Fsp3) is 0.714. The highest BCUT2D eigenvalue weighted by Gasteiger charge is 2.19. The van der Waals surface area contributed by atoms with Crippen LogP contribution in [0.25, 0.3) is 0 Å². The van der Waals surface area contributed by atoms with Gasteiger partial charge in [-0.3, -0.25) is 19.2 Å². The first-order chi connectivity index (χ1) is 10.5. The molecule has 8 nitrogen and oxygen atoms in total. The minimum Gasteiger partial charge on any atom is -0.464 e. The molecule has 0 saturated carbocycles. The third-order valence-electron chi connectivity index (χ3n) is 2.99. The second-order valence-corrected chi connectivity index (χ2v) is 4.86. The largest absolute Gasteiger partial charge is 0.464 e. The Kier molecular flexibility index (Phi) is 11.4. The van der Waals surface area contributed by atoms with Crippen molar-refractivity contribution in [2.75, 3.05) is 26.3 Å². The number of carbonyl (C=O) groups excluding carboxylic acids is 4. The van der Waals surface area contributed by atoms with Crippen LogP contribution in [0, 0.1) is 11.8 Å². The van der Waals surface area contributed by atoms with Gasteiger partial charge in [-0.1, -0.05) is 13.8 Å². The number of ether oxygens (including phenoxy) is 2. The average molecular weight is 316 g/mol. The molecule has 2 atom stereocenters. The number of hydrogen-bond acceptors (Lipinski definition) is 6. The summed E-state index contributed by atoms with van der Waals surface area (Å²) in [5.41, 5.74) is 0. The summed E-state index contributed by atoms with van der Waals surface area (Å²) in [5, 5.41) is 4.78. The van der Waals surface area contributed by atoms with Gasteiger partial charge in [0.05, 0.1) is 24.9 Å². The van der Waals surface area contributed by atoms with Crippen LogP contribution in [0.15, 0.2) is 0 Å². The van der Waals surface area contributed by atoms with Crippen molar-refractivity contribution in [2.24, 2.45) is 11.8 Å². The standard InChI is InChI=1S/C14H24N2O6/c1-11(13(19)21-7-5-15-9-17)3-4-12(2)14(20)22-8-6-16-10-18/h9-12H,3-8H2,1-2H3,(H,15,17)(H,16,18). The van der Waals surface area contributed by atoms with Crippen molar-refractivity contribution >= 4 is 24.8 Å². The monoisotopic (exact) mass is 316 g/mol. The number of hydrogen-bond donors (Lipinski definition) is 2. The van der Waals surface area contributed by atoms with Crippen molar-refractivity contribution in [1.82, 2.24) is 10.6 Å². The van der Waals surface area contributed by atoms with Gasteiger partial charge in [0, 0.05) is 0 Å². The number of esters is 2. The third-order valence-corrected chi connectivity index (χ3v) is 2.99. The molecule has 0 fully saturated rings. The fourth-order valence-electron chi connectivity index (χ4n) is 1.56. The molecule has 0 aromatic carbocycles. The smallest absolute Gasteiger partial charge is 0.308 e. The first-order valence-electron chi connectivity index (χ1n) is 7.20. The van der Waals surface area contributed by atoms with Crippen LogP contribution < -0.4 is 10.6 Å². The van der Waals surface area contributed by atoms with Gasteiger partial charge in [-0.2, -0.15) is 0 Å². The van der Waals surface area contributed by atoms with Gasteiger partial charge in [0.25, 0.3) is 0 Å². The maximum Gasteiger partial charge on any atom is 0.308 e. The van der Waals surface area contributed by atoms with E-state index in [-0.39, 0.29) is 50.1 Å². The molecule has 0 spiro atoms. The molecule has 0 bridgehead atoms. The van der Waals surface area contributed by atoms with Gasteiger partial charge in [-0.15, -0.1) is 0 Å². The lowest BCUT2D eigenvalue weighted by Crippen LogP contribution is -2.24. The van der Waals surface area contributed by atoms with Gasteiger partial charge in [0.2, 0.25) is 12.8 Å². The van der Waals surface area contributed by atoms with E-state index in [0.717, 1.165) is 0 Å². The molecule has 22 heavy (non-hydrogen) atoms. The number of amides is 2. The van der Waals surface area contributed by atoms with E-state index in [9.17, 15) is 19.2 Å². The second kappa shape index (κ2) is 12.6. The summed E-state index contributed by atoms with van der Waals surface area (Å²) in [6.07, 6.45) is 2.08. The van der Waals surface area contributed by atoms with Crippen molar-refractivity contribution in [3.05, 3.63) is 0 Å². The highest BCUT2D eigenvalue weighted by atomic mass is 16.5. The molecule has 0 radical (unpaired) electrons. The molecule has 0 aliphatic rings. The van der Waals surface area contributed by atoms with Crippen LogP contribution in [0.5, 0.6) is 0 Å². The molecule has 0 heterocycles. The quantitative estimate of drug-likeness (QED) is 0.272. The Balaban J connectivity index is 3.84. The van der Waals surface area contributed by atoms with E-state index in [2.05, 4.69) is 10.6 Å². The van der Waals surface area contributed by atoms with Crippen molar-refractivity contribution in [1.29, 1.82) is 0 Å². The van der Waals surface area contributed by atoms with Crippen LogP contribution in [0.1, 0.15) is 26.7 Å². The van der Waals surface area contributed by atoms with Crippen LogP contribution in [0.4, 0.5) is 0 Å². The summed E-state index contributed by atoms with van der Waals surface area (Å²) < 4.78 is 9.95. The minimum atomic E-state index is -0.358. The van der Waals surface area contributed by atoms with Crippen molar-refractivity contribution in [3.63, 3.8) is 0 Å². The molecule has 8 heteroatoms. The van der Waals surface area contributed by atoms with E-state index in [1.165, 1.54) is 0 Å². The fourth-order valence-corrected chi connectivity index (χ4v) is 1.56. The lowest BCUT2D eigenvalue weighted by molar-refractivity contribution is -0.151. The maximum absolute atomic E-state index is 11.6. The lowest BCUT2D eigenvalue weighted by atomic mass is 9.98. The molecule has 2 amide bonds. The van der Waals surface area contributed by atoms with E-state index in [1.807, 2.05) is 0 Å². The van der Waals surface area contributed by atoms with Gasteiger partial charge in [-0.05, 0) is 12.8 Å². The Morgan fingerprint density at radius 2 is 1.23 bits per heavy atom. The van der Waals surface area contributed by atoms with E-state index in [1.54, 1.807) is 13.8 Å². The number of carbonyl (C=O) groups is 4. The van der Waals surface area contributed by atoms with E-state index in [0.29, 0.717) is 25.7 Å². The zero-order valence-corrected chi connectivity index (χ0v) is 13.0.